The number of ether oxygens (including phenoxy) is 1. The van der Waals surface area contributed by atoms with Gasteiger partial charge in [-0.05, 0) is 31.0 Å². The molecule has 0 amide bonds. The molecule has 0 fully saturated rings. The van der Waals surface area contributed by atoms with Crippen LogP contribution in [0.25, 0.3) is 0 Å². The van der Waals surface area contributed by atoms with Gasteiger partial charge >= 0.3 is 5.97 Å². The molecule has 1 aromatic carbocycles. The molecule has 0 heterocycles. The van der Waals surface area contributed by atoms with E-state index in [4.69, 9.17) is 16.3 Å². The number of alkyl halides is 1. The summed E-state index contributed by atoms with van der Waals surface area (Å²) in [4.78, 5) is 11.6. The number of hydrogen-bond donors (Lipinski definition) is 0. The van der Waals surface area contributed by atoms with Crippen LogP contribution in [0.1, 0.15) is 28.4 Å². The minimum Gasteiger partial charge on any atom is -0.462 e. The van der Waals surface area contributed by atoms with Crippen molar-refractivity contribution in [1.29, 1.82) is 0 Å². The van der Waals surface area contributed by atoms with E-state index in [0.29, 0.717) is 22.5 Å². The van der Waals surface area contributed by atoms with Crippen LogP contribution in [0, 0.1) is 6.92 Å². The first-order valence-corrected chi connectivity index (χ1v) is 6.12. The maximum absolute atomic E-state index is 11.6. The van der Waals surface area contributed by atoms with Crippen molar-refractivity contribution < 1.29 is 9.53 Å². The molecule has 0 unspecified atom stereocenters. The summed E-state index contributed by atoms with van der Waals surface area (Å²) in [5.41, 5.74) is 2.34. The molecule has 0 aliphatic rings. The van der Waals surface area contributed by atoms with Gasteiger partial charge in [-0.3, -0.25) is 0 Å². The molecule has 4 heteroatoms. The van der Waals surface area contributed by atoms with Gasteiger partial charge in [-0.1, -0.05) is 33.6 Å². The number of esters is 1. The highest BCUT2D eigenvalue weighted by Gasteiger charge is 2.14. The molecule has 0 aliphatic carbocycles. The molecule has 0 aromatic heterocycles. The van der Waals surface area contributed by atoms with Crippen molar-refractivity contribution in [3.05, 3.63) is 33.8 Å². The molecule has 0 spiro atoms. The number of rotatable bonds is 3. The lowest BCUT2D eigenvalue weighted by molar-refractivity contribution is 0.0526. The zero-order valence-electron chi connectivity index (χ0n) is 8.64. The van der Waals surface area contributed by atoms with Crippen LogP contribution in [-0.2, 0) is 10.1 Å². The highest BCUT2D eigenvalue weighted by atomic mass is 79.9. The zero-order valence-corrected chi connectivity index (χ0v) is 11.0. The fraction of sp³-hybridized carbons (Fsp3) is 0.364. The lowest BCUT2D eigenvalue weighted by atomic mass is 10.1. The highest BCUT2D eigenvalue weighted by Crippen LogP contribution is 2.24. The van der Waals surface area contributed by atoms with E-state index in [1.165, 1.54) is 0 Å². The van der Waals surface area contributed by atoms with E-state index in [1.807, 2.05) is 13.0 Å². The maximum Gasteiger partial charge on any atom is 0.339 e. The predicted molar refractivity (Wildman–Crippen MR) is 64.8 cm³/mol. The minimum absolute atomic E-state index is 0.354. The van der Waals surface area contributed by atoms with E-state index in [9.17, 15) is 4.79 Å². The van der Waals surface area contributed by atoms with Crippen molar-refractivity contribution in [2.45, 2.75) is 19.2 Å². The second kappa shape index (κ2) is 5.52. The Morgan fingerprint density at radius 1 is 1.53 bits per heavy atom. The van der Waals surface area contributed by atoms with Crippen LogP contribution >= 0.6 is 27.5 Å². The molecule has 0 radical (unpaired) electrons. The molecule has 0 bridgehead atoms. The van der Waals surface area contributed by atoms with Gasteiger partial charge in [0.1, 0.15) is 0 Å². The van der Waals surface area contributed by atoms with Crippen molar-refractivity contribution in [3.8, 4) is 0 Å². The van der Waals surface area contributed by atoms with Crippen molar-refractivity contribution >= 4 is 33.5 Å². The maximum atomic E-state index is 11.6. The molecule has 1 rings (SSSR count). The van der Waals surface area contributed by atoms with Gasteiger partial charge in [0.05, 0.1) is 17.2 Å². The number of benzene rings is 1. The van der Waals surface area contributed by atoms with Gasteiger partial charge in [0.25, 0.3) is 0 Å². The highest BCUT2D eigenvalue weighted by molar-refractivity contribution is 9.08. The predicted octanol–water partition coefficient (Wildman–Crippen LogP) is 3.72. The van der Waals surface area contributed by atoms with E-state index in [-0.39, 0.29) is 5.97 Å². The number of halogens is 2. The van der Waals surface area contributed by atoms with Gasteiger partial charge in [0.15, 0.2) is 0 Å². The molecular weight excluding hydrogens is 279 g/mol. The molecule has 15 heavy (non-hydrogen) atoms. The largest absolute Gasteiger partial charge is 0.462 e. The van der Waals surface area contributed by atoms with Crippen molar-refractivity contribution in [2.24, 2.45) is 0 Å². The Kier molecular flexibility index (Phi) is 4.61. The third-order valence-electron chi connectivity index (χ3n) is 1.96. The van der Waals surface area contributed by atoms with Crippen LogP contribution in [0.4, 0.5) is 0 Å². The first-order chi connectivity index (χ1) is 7.10. The van der Waals surface area contributed by atoms with Gasteiger partial charge in [-0.25, -0.2) is 4.79 Å². The molecule has 0 N–H and O–H groups in total. The van der Waals surface area contributed by atoms with Crippen molar-refractivity contribution in [3.63, 3.8) is 0 Å². The van der Waals surface area contributed by atoms with Crippen LogP contribution in [0.2, 0.25) is 5.02 Å². The van der Waals surface area contributed by atoms with Crippen LogP contribution in [0.15, 0.2) is 12.1 Å². The van der Waals surface area contributed by atoms with E-state index in [0.717, 1.165) is 11.1 Å². The first-order valence-electron chi connectivity index (χ1n) is 4.62. The summed E-state index contributed by atoms with van der Waals surface area (Å²) in [6.45, 7) is 4.00. The summed E-state index contributed by atoms with van der Waals surface area (Å²) in [6, 6.07) is 3.70. The van der Waals surface area contributed by atoms with Crippen LogP contribution in [0.3, 0.4) is 0 Å². The Morgan fingerprint density at radius 2 is 2.20 bits per heavy atom. The molecule has 0 saturated heterocycles. The molecular formula is C11H12BrClO2. The van der Waals surface area contributed by atoms with Crippen molar-refractivity contribution in [1.82, 2.24) is 0 Å². The number of hydrogen-bond acceptors (Lipinski definition) is 2. The SMILES string of the molecule is CCOC(=O)c1cc(CBr)cc(C)c1Cl. The summed E-state index contributed by atoms with van der Waals surface area (Å²) in [5.74, 6) is -0.367. The standard InChI is InChI=1S/C11H12BrClO2/c1-3-15-11(14)9-5-8(6-12)4-7(2)10(9)13/h4-5H,3,6H2,1-2H3. The zero-order chi connectivity index (χ0) is 11.4. The normalized spacial score (nSPS) is 10.1. The summed E-state index contributed by atoms with van der Waals surface area (Å²) < 4.78 is 4.92. The van der Waals surface area contributed by atoms with E-state index < -0.39 is 0 Å². The molecule has 2 nitrogen and oxygen atoms in total. The monoisotopic (exact) mass is 290 g/mol. The van der Waals surface area contributed by atoms with Crippen LogP contribution < -0.4 is 0 Å². The molecule has 1 aromatic rings. The van der Waals surface area contributed by atoms with Gasteiger partial charge in [0, 0.05) is 5.33 Å². The molecule has 0 aliphatic heterocycles. The summed E-state index contributed by atoms with van der Waals surface area (Å²) in [5, 5.41) is 1.16. The van der Waals surface area contributed by atoms with E-state index in [1.54, 1.807) is 13.0 Å². The Balaban J connectivity index is 3.15. The average Bonchev–Trinajstić information content (AvgIpc) is 2.22. The third-order valence-corrected chi connectivity index (χ3v) is 3.11. The quantitative estimate of drug-likeness (QED) is 0.627. The number of carbonyl (C=O) groups excluding carboxylic acids is 1. The average molecular weight is 292 g/mol. The fourth-order valence-corrected chi connectivity index (χ4v) is 1.79. The molecule has 0 atom stereocenters. The second-order valence-corrected chi connectivity index (χ2v) is 4.07. The lowest BCUT2D eigenvalue weighted by Crippen LogP contribution is -2.06. The Labute approximate surface area is 103 Å². The summed E-state index contributed by atoms with van der Waals surface area (Å²) >= 11 is 9.38. The summed E-state index contributed by atoms with van der Waals surface area (Å²) in [6.07, 6.45) is 0. The van der Waals surface area contributed by atoms with E-state index in [2.05, 4.69) is 15.9 Å². The van der Waals surface area contributed by atoms with Gasteiger partial charge in [0.2, 0.25) is 0 Å². The number of aryl methyl sites for hydroxylation is 1. The smallest absolute Gasteiger partial charge is 0.339 e. The van der Waals surface area contributed by atoms with Gasteiger partial charge in [-0.15, -0.1) is 0 Å². The second-order valence-electron chi connectivity index (χ2n) is 3.13. The third kappa shape index (κ3) is 2.95. The van der Waals surface area contributed by atoms with Gasteiger partial charge < -0.3 is 4.74 Å². The minimum atomic E-state index is -0.367. The Morgan fingerprint density at radius 3 is 2.73 bits per heavy atom. The topological polar surface area (TPSA) is 26.3 Å². The number of carbonyl (C=O) groups is 1. The van der Waals surface area contributed by atoms with E-state index >= 15 is 0 Å². The van der Waals surface area contributed by atoms with Crippen LogP contribution in [-0.4, -0.2) is 12.6 Å². The molecule has 0 saturated carbocycles. The van der Waals surface area contributed by atoms with Crippen LogP contribution in [0.5, 0.6) is 0 Å². The summed E-state index contributed by atoms with van der Waals surface area (Å²) in [7, 11) is 0. The Hall–Kier alpha value is -0.540. The Bertz CT molecular complexity index is 377. The first kappa shape index (κ1) is 12.5. The lowest BCUT2D eigenvalue weighted by Gasteiger charge is -2.08. The molecule has 82 valence electrons. The van der Waals surface area contributed by atoms with Gasteiger partial charge in [-0.2, -0.15) is 0 Å². The fourth-order valence-electron chi connectivity index (χ4n) is 1.28. The van der Waals surface area contributed by atoms with Crippen molar-refractivity contribution in [2.75, 3.05) is 6.61 Å².